The highest BCUT2D eigenvalue weighted by Crippen LogP contribution is 2.24. The van der Waals surface area contributed by atoms with E-state index in [0.717, 1.165) is 13.0 Å². The van der Waals surface area contributed by atoms with Crippen molar-refractivity contribution in [2.75, 3.05) is 33.0 Å². The van der Waals surface area contributed by atoms with Crippen LogP contribution in [0.15, 0.2) is 23.1 Å². The third-order valence-electron chi connectivity index (χ3n) is 3.38. The molecule has 0 atom stereocenters. The molecule has 0 bridgehead atoms. The lowest BCUT2D eigenvalue weighted by Gasteiger charge is -2.20. The zero-order chi connectivity index (χ0) is 16.0. The van der Waals surface area contributed by atoms with Crippen LogP contribution in [-0.2, 0) is 10.0 Å². The van der Waals surface area contributed by atoms with Crippen LogP contribution in [-0.4, -0.2) is 46.6 Å². The Morgan fingerprint density at radius 1 is 1.38 bits per heavy atom. The van der Waals surface area contributed by atoms with E-state index in [9.17, 15) is 8.42 Å². The van der Waals surface area contributed by atoms with Gasteiger partial charge in [-0.05, 0) is 46.0 Å². The number of nitrogens with two attached hydrogens (primary N) is 1. The van der Waals surface area contributed by atoms with E-state index >= 15 is 0 Å². The summed E-state index contributed by atoms with van der Waals surface area (Å²) in [5, 5.41) is 0. The smallest absolute Gasteiger partial charge is 0.240 e. The van der Waals surface area contributed by atoms with E-state index in [1.807, 2.05) is 7.05 Å². The van der Waals surface area contributed by atoms with Crippen molar-refractivity contribution in [2.45, 2.75) is 31.2 Å². The summed E-state index contributed by atoms with van der Waals surface area (Å²) in [4.78, 5) is 2.33. The number of nitrogen functional groups attached to an aromatic ring is 1. The van der Waals surface area contributed by atoms with Gasteiger partial charge in [0.25, 0.3) is 0 Å². The van der Waals surface area contributed by atoms with Crippen molar-refractivity contribution in [3.05, 3.63) is 18.2 Å². The molecule has 0 saturated carbocycles. The van der Waals surface area contributed by atoms with Gasteiger partial charge in [0.15, 0.2) is 0 Å². The van der Waals surface area contributed by atoms with Crippen molar-refractivity contribution < 1.29 is 13.2 Å². The Bertz CT molecular complexity index is 559. The molecule has 0 saturated heterocycles. The number of hydrogen-bond acceptors (Lipinski definition) is 5. The summed E-state index contributed by atoms with van der Waals surface area (Å²) in [6.07, 6.45) is 0.750. The van der Waals surface area contributed by atoms with Gasteiger partial charge in [0, 0.05) is 18.7 Å². The van der Waals surface area contributed by atoms with Crippen molar-refractivity contribution in [3.8, 4) is 5.75 Å². The Hall–Kier alpha value is -1.31. The molecule has 0 aliphatic heterocycles. The molecule has 0 spiro atoms. The SMILES string of the molecule is COc1cc(S(=O)(=O)NCCCN(C)C(C)C)ccc1N. The van der Waals surface area contributed by atoms with Gasteiger partial charge in [-0.1, -0.05) is 0 Å². The molecule has 0 radical (unpaired) electrons. The molecule has 0 aromatic heterocycles. The molecule has 7 heteroatoms. The molecule has 3 N–H and O–H groups in total. The van der Waals surface area contributed by atoms with Gasteiger partial charge in [0.1, 0.15) is 5.75 Å². The van der Waals surface area contributed by atoms with Crippen molar-refractivity contribution in [1.29, 1.82) is 0 Å². The quantitative estimate of drug-likeness (QED) is 0.558. The second-order valence-corrected chi connectivity index (χ2v) is 7.00. The summed E-state index contributed by atoms with van der Waals surface area (Å²) in [6.45, 7) is 5.44. The van der Waals surface area contributed by atoms with Crippen LogP contribution in [0.3, 0.4) is 0 Å². The van der Waals surface area contributed by atoms with Crippen LogP contribution in [0.5, 0.6) is 5.75 Å². The number of rotatable bonds is 8. The molecule has 0 amide bonds. The van der Waals surface area contributed by atoms with E-state index in [1.54, 1.807) is 0 Å². The molecule has 0 aliphatic carbocycles. The molecular formula is C14H25N3O3S. The molecule has 0 heterocycles. The summed E-state index contributed by atoms with van der Waals surface area (Å²) in [7, 11) is -0.0584. The monoisotopic (exact) mass is 315 g/mol. The topological polar surface area (TPSA) is 84.7 Å². The molecule has 1 aromatic carbocycles. The predicted octanol–water partition coefficient (Wildman–Crippen LogP) is 1.29. The van der Waals surface area contributed by atoms with Crippen LogP contribution in [0.1, 0.15) is 20.3 Å². The van der Waals surface area contributed by atoms with Gasteiger partial charge in [-0.3, -0.25) is 0 Å². The molecule has 0 unspecified atom stereocenters. The molecule has 6 nitrogen and oxygen atoms in total. The lowest BCUT2D eigenvalue weighted by Crippen LogP contribution is -2.31. The van der Waals surface area contributed by atoms with E-state index in [0.29, 0.717) is 24.0 Å². The molecule has 1 aromatic rings. The Balaban J connectivity index is 2.62. The lowest BCUT2D eigenvalue weighted by molar-refractivity contribution is 0.271. The van der Waals surface area contributed by atoms with Gasteiger partial charge in [-0.25, -0.2) is 13.1 Å². The minimum atomic E-state index is -3.53. The van der Waals surface area contributed by atoms with Gasteiger partial charge >= 0.3 is 0 Å². The van der Waals surface area contributed by atoms with Gasteiger partial charge < -0.3 is 15.4 Å². The minimum absolute atomic E-state index is 0.158. The fourth-order valence-corrected chi connectivity index (χ4v) is 2.82. The normalized spacial score (nSPS) is 12.1. The third-order valence-corrected chi connectivity index (χ3v) is 4.84. The largest absolute Gasteiger partial charge is 0.495 e. The summed E-state index contributed by atoms with van der Waals surface area (Å²) >= 11 is 0. The highest BCUT2D eigenvalue weighted by Gasteiger charge is 2.15. The molecular weight excluding hydrogens is 290 g/mol. The second-order valence-electron chi connectivity index (χ2n) is 5.23. The second kappa shape index (κ2) is 7.63. The Morgan fingerprint density at radius 3 is 2.62 bits per heavy atom. The summed E-state index contributed by atoms with van der Waals surface area (Å²) in [5.41, 5.74) is 6.09. The van der Waals surface area contributed by atoms with Crippen molar-refractivity contribution in [2.24, 2.45) is 0 Å². The number of sulfonamides is 1. The van der Waals surface area contributed by atoms with Crippen LogP contribution in [0.4, 0.5) is 5.69 Å². The van der Waals surface area contributed by atoms with Gasteiger partial charge in [0.05, 0.1) is 17.7 Å². The van der Waals surface area contributed by atoms with E-state index < -0.39 is 10.0 Å². The zero-order valence-corrected chi connectivity index (χ0v) is 13.9. The summed E-state index contributed by atoms with van der Waals surface area (Å²) in [6, 6.07) is 4.88. The van der Waals surface area contributed by atoms with E-state index in [2.05, 4.69) is 23.5 Å². The number of ether oxygens (including phenoxy) is 1. The van der Waals surface area contributed by atoms with E-state index in [4.69, 9.17) is 10.5 Å². The highest BCUT2D eigenvalue weighted by atomic mass is 32.2. The minimum Gasteiger partial charge on any atom is -0.495 e. The maximum absolute atomic E-state index is 12.2. The zero-order valence-electron chi connectivity index (χ0n) is 13.1. The number of anilines is 1. The van der Waals surface area contributed by atoms with Crippen LogP contribution < -0.4 is 15.2 Å². The highest BCUT2D eigenvalue weighted by molar-refractivity contribution is 7.89. The predicted molar refractivity (Wildman–Crippen MR) is 85.0 cm³/mol. The first-order valence-corrected chi connectivity index (χ1v) is 8.39. The van der Waals surface area contributed by atoms with E-state index in [1.165, 1.54) is 25.3 Å². The molecule has 1 rings (SSSR count). The summed E-state index contributed by atoms with van der Waals surface area (Å²) < 4.78 is 32.0. The fourth-order valence-electron chi connectivity index (χ4n) is 1.74. The molecule has 21 heavy (non-hydrogen) atoms. The van der Waals surface area contributed by atoms with Crippen LogP contribution >= 0.6 is 0 Å². The number of nitrogens with zero attached hydrogens (tertiary/aromatic N) is 1. The standard InChI is InChI=1S/C14H25N3O3S/c1-11(2)17(3)9-5-8-16-21(18,19)12-6-7-13(15)14(10-12)20-4/h6-7,10-11,16H,5,8-9,15H2,1-4H3. The van der Waals surface area contributed by atoms with Gasteiger partial charge in [0.2, 0.25) is 10.0 Å². The number of nitrogens with one attached hydrogen (secondary N) is 1. The van der Waals surface area contributed by atoms with Gasteiger partial charge in [-0.15, -0.1) is 0 Å². The molecule has 120 valence electrons. The molecule has 0 aliphatic rings. The van der Waals surface area contributed by atoms with Crippen LogP contribution in [0.2, 0.25) is 0 Å². The average molecular weight is 315 g/mol. The number of methoxy groups -OCH3 is 1. The molecule has 0 fully saturated rings. The van der Waals surface area contributed by atoms with E-state index in [-0.39, 0.29) is 4.90 Å². The summed E-state index contributed by atoms with van der Waals surface area (Å²) in [5.74, 6) is 0.359. The number of hydrogen-bond donors (Lipinski definition) is 2. The van der Waals surface area contributed by atoms with Gasteiger partial charge in [-0.2, -0.15) is 0 Å². The first-order chi connectivity index (χ1) is 9.77. The Labute approximate surface area is 127 Å². The lowest BCUT2D eigenvalue weighted by atomic mass is 10.3. The average Bonchev–Trinajstić information content (AvgIpc) is 2.43. The van der Waals surface area contributed by atoms with Crippen molar-refractivity contribution >= 4 is 15.7 Å². The Morgan fingerprint density at radius 2 is 2.05 bits per heavy atom. The maximum Gasteiger partial charge on any atom is 0.240 e. The number of benzene rings is 1. The van der Waals surface area contributed by atoms with Crippen molar-refractivity contribution in [1.82, 2.24) is 9.62 Å². The first kappa shape index (κ1) is 17.7. The third kappa shape index (κ3) is 5.18. The van der Waals surface area contributed by atoms with Crippen LogP contribution in [0.25, 0.3) is 0 Å². The Kier molecular flexibility index (Phi) is 6.44. The maximum atomic E-state index is 12.2. The van der Waals surface area contributed by atoms with Crippen molar-refractivity contribution in [3.63, 3.8) is 0 Å². The fraction of sp³-hybridized carbons (Fsp3) is 0.571. The first-order valence-electron chi connectivity index (χ1n) is 6.91. The van der Waals surface area contributed by atoms with Crippen LogP contribution in [0, 0.1) is 0 Å².